The number of hydrogen-bond acceptors (Lipinski definition) is 4. The molecule has 106 valence electrons. The van der Waals surface area contributed by atoms with E-state index in [0.717, 1.165) is 52.0 Å². The Kier molecular flexibility index (Phi) is 9.95. The summed E-state index contributed by atoms with van der Waals surface area (Å²) in [5, 5.41) is 12.3. The fraction of sp³-hybridized carbons (Fsp3) is 0.929. The Labute approximate surface area is 112 Å². The minimum atomic E-state index is -0.166. The van der Waals surface area contributed by atoms with E-state index in [1.165, 1.54) is 0 Å². The van der Waals surface area contributed by atoms with Crippen LogP contribution in [0.15, 0.2) is 0 Å². The smallest absolute Gasteiger partial charge is 0.0683 e. The molecule has 0 radical (unpaired) electrons. The first-order chi connectivity index (χ1) is 8.52. The molecule has 0 rings (SSSR count). The van der Waals surface area contributed by atoms with Crippen molar-refractivity contribution in [1.82, 2.24) is 10.2 Å². The molecule has 0 aromatic rings. The molecule has 0 bridgehead atoms. The zero-order chi connectivity index (χ0) is 13.9. The number of methoxy groups -OCH3 is 1. The summed E-state index contributed by atoms with van der Waals surface area (Å²) < 4.78 is 5.03. The van der Waals surface area contributed by atoms with E-state index < -0.39 is 0 Å². The molecular formula is C14H29N3O. The summed E-state index contributed by atoms with van der Waals surface area (Å²) in [7, 11) is 3.84. The van der Waals surface area contributed by atoms with Crippen molar-refractivity contribution in [3.05, 3.63) is 0 Å². The van der Waals surface area contributed by atoms with Crippen LogP contribution < -0.4 is 5.32 Å². The predicted molar refractivity (Wildman–Crippen MR) is 75.5 cm³/mol. The van der Waals surface area contributed by atoms with Crippen molar-refractivity contribution in [3.8, 4) is 6.07 Å². The molecule has 0 heterocycles. The SMILES string of the molecule is COCCN(C)CCNCCCCC(C)(C)C#N. The van der Waals surface area contributed by atoms with Crippen molar-refractivity contribution >= 4 is 0 Å². The van der Waals surface area contributed by atoms with Gasteiger partial charge in [-0.1, -0.05) is 6.42 Å². The van der Waals surface area contributed by atoms with E-state index in [4.69, 9.17) is 10.00 Å². The van der Waals surface area contributed by atoms with Crippen LogP contribution >= 0.6 is 0 Å². The van der Waals surface area contributed by atoms with E-state index in [-0.39, 0.29) is 5.41 Å². The first kappa shape index (κ1) is 17.4. The molecule has 18 heavy (non-hydrogen) atoms. The molecule has 0 aliphatic carbocycles. The van der Waals surface area contributed by atoms with Crippen LogP contribution in [0.3, 0.4) is 0 Å². The van der Waals surface area contributed by atoms with Crippen molar-refractivity contribution in [2.75, 3.05) is 46.9 Å². The van der Waals surface area contributed by atoms with Crippen LogP contribution in [0.5, 0.6) is 0 Å². The van der Waals surface area contributed by atoms with Gasteiger partial charge in [0.05, 0.1) is 18.1 Å². The number of rotatable bonds is 11. The van der Waals surface area contributed by atoms with Gasteiger partial charge in [0, 0.05) is 26.7 Å². The molecule has 0 aliphatic rings. The summed E-state index contributed by atoms with van der Waals surface area (Å²) in [5.41, 5.74) is -0.166. The van der Waals surface area contributed by atoms with Crippen LogP contribution in [0, 0.1) is 16.7 Å². The molecule has 0 atom stereocenters. The van der Waals surface area contributed by atoms with E-state index in [1.54, 1.807) is 7.11 Å². The third kappa shape index (κ3) is 10.5. The van der Waals surface area contributed by atoms with Gasteiger partial charge in [0.15, 0.2) is 0 Å². The second-order valence-corrected chi connectivity index (χ2v) is 5.50. The monoisotopic (exact) mass is 255 g/mol. The van der Waals surface area contributed by atoms with Crippen LogP contribution in [0.25, 0.3) is 0 Å². The summed E-state index contributed by atoms with van der Waals surface area (Å²) in [6.45, 7) is 8.89. The third-order valence-electron chi connectivity index (χ3n) is 3.06. The van der Waals surface area contributed by atoms with Gasteiger partial charge >= 0.3 is 0 Å². The third-order valence-corrected chi connectivity index (χ3v) is 3.06. The summed E-state index contributed by atoms with van der Waals surface area (Å²) in [4.78, 5) is 2.26. The van der Waals surface area contributed by atoms with Gasteiger partial charge in [0.25, 0.3) is 0 Å². The van der Waals surface area contributed by atoms with Gasteiger partial charge in [-0.3, -0.25) is 0 Å². The predicted octanol–water partition coefficient (Wildman–Crippen LogP) is 1.87. The lowest BCUT2D eigenvalue weighted by molar-refractivity contribution is 0.161. The van der Waals surface area contributed by atoms with Gasteiger partial charge in [-0.15, -0.1) is 0 Å². The molecule has 4 heteroatoms. The summed E-state index contributed by atoms with van der Waals surface area (Å²) in [5.74, 6) is 0. The largest absolute Gasteiger partial charge is 0.383 e. The van der Waals surface area contributed by atoms with Gasteiger partial charge in [-0.25, -0.2) is 0 Å². The molecule has 1 N–H and O–H groups in total. The highest BCUT2D eigenvalue weighted by atomic mass is 16.5. The van der Waals surface area contributed by atoms with Crippen LogP contribution in [-0.2, 0) is 4.74 Å². The zero-order valence-corrected chi connectivity index (χ0v) is 12.5. The summed E-state index contributed by atoms with van der Waals surface area (Å²) in [6.07, 6.45) is 3.25. The lowest BCUT2D eigenvalue weighted by atomic mass is 9.89. The van der Waals surface area contributed by atoms with Crippen molar-refractivity contribution < 1.29 is 4.74 Å². The lowest BCUT2D eigenvalue weighted by Gasteiger charge is -2.17. The van der Waals surface area contributed by atoms with Crippen LogP contribution in [0.1, 0.15) is 33.1 Å². The highest BCUT2D eigenvalue weighted by Gasteiger charge is 2.15. The van der Waals surface area contributed by atoms with Crippen molar-refractivity contribution in [1.29, 1.82) is 5.26 Å². The average molecular weight is 255 g/mol. The van der Waals surface area contributed by atoms with E-state index >= 15 is 0 Å². The zero-order valence-electron chi connectivity index (χ0n) is 12.5. The highest BCUT2D eigenvalue weighted by Crippen LogP contribution is 2.21. The number of likely N-dealkylation sites (N-methyl/N-ethyl adjacent to an activating group) is 1. The quantitative estimate of drug-likeness (QED) is 0.573. The summed E-state index contributed by atoms with van der Waals surface area (Å²) in [6, 6.07) is 2.34. The second-order valence-electron chi connectivity index (χ2n) is 5.50. The molecule has 0 aromatic heterocycles. The van der Waals surface area contributed by atoms with Gasteiger partial charge in [0.1, 0.15) is 0 Å². The molecule has 0 saturated heterocycles. The van der Waals surface area contributed by atoms with Gasteiger partial charge < -0.3 is 15.0 Å². The Morgan fingerprint density at radius 2 is 1.94 bits per heavy atom. The van der Waals surface area contributed by atoms with Crippen molar-refractivity contribution in [3.63, 3.8) is 0 Å². The molecule has 0 aliphatic heterocycles. The Morgan fingerprint density at radius 3 is 2.56 bits per heavy atom. The van der Waals surface area contributed by atoms with Gasteiger partial charge in [-0.05, 0) is 40.3 Å². The van der Waals surface area contributed by atoms with Gasteiger partial charge in [0.2, 0.25) is 0 Å². The number of unbranched alkanes of at least 4 members (excludes halogenated alkanes) is 1. The van der Waals surface area contributed by atoms with Gasteiger partial charge in [-0.2, -0.15) is 5.26 Å². The molecule has 4 nitrogen and oxygen atoms in total. The van der Waals surface area contributed by atoms with Crippen LogP contribution in [0.2, 0.25) is 0 Å². The second kappa shape index (κ2) is 10.3. The van der Waals surface area contributed by atoms with Crippen LogP contribution in [-0.4, -0.2) is 51.8 Å². The maximum Gasteiger partial charge on any atom is 0.0683 e. The minimum absolute atomic E-state index is 0.166. The molecule has 0 unspecified atom stereocenters. The average Bonchev–Trinajstić information content (AvgIpc) is 2.35. The molecule has 0 saturated carbocycles. The summed E-state index contributed by atoms with van der Waals surface area (Å²) >= 11 is 0. The van der Waals surface area contributed by atoms with Crippen LogP contribution in [0.4, 0.5) is 0 Å². The molecular weight excluding hydrogens is 226 g/mol. The Balaban J connectivity index is 3.29. The molecule has 0 spiro atoms. The number of nitriles is 1. The van der Waals surface area contributed by atoms with E-state index in [9.17, 15) is 0 Å². The number of nitrogens with one attached hydrogen (secondary N) is 1. The van der Waals surface area contributed by atoms with E-state index in [0.29, 0.717) is 0 Å². The Morgan fingerprint density at radius 1 is 1.22 bits per heavy atom. The van der Waals surface area contributed by atoms with E-state index in [1.807, 2.05) is 13.8 Å². The maximum absolute atomic E-state index is 8.89. The van der Waals surface area contributed by atoms with Crippen molar-refractivity contribution in [2.45, 2.75) is 33.1 Å². The number of ether oxygens (including phenoxy) is 1. The number of nitrogens with zero attached hydrogens (tertiary/aromatic N) is 2. The standard InChI is InChI=1S/C14H29N3O/c1-14(2,13-15)7-5-6-8-16-9-10-17(3)11-12-18-4/h16H,5-12H2,1-4H3. The Bertz CT molecular complexity index is 236. The first-order valence-corrected chi connectivity index (χ1v) is 6.81. The normalized spacial score (nSPS) is 11.8. The van der Waals surface area contributed by atoms with E-state index in [2.05, 4.69) is 23.3 Å². The van der Waals surface area contributed by atoms with Crippen molar-refractivity contribution in [2.24, 2.45) is 5.41 Å². The topological polar surface area (TPSA) is 48.3 Å². The minimum Gasteiger partial charge on any atom is -0.383 e. The first-order valence-electron chi connectivity index (χ1n) is 6.81. The fourth-order valence-corrected chi connectivity index (χ4v) is 1.63. The highest BCUT2D eigenvalue weighted by molar-refractivity contribution is 4.91. The fourth-order valence-electron chi connectivity index (χ4n) is 1.63. The Hall–Kier alpha value is -0.630. The number of hydrogen-bond donors (Lipinski definition) is 1. The molecule has 0 amide bonds. The molecule has 0 aromatic carbocycles. The molecule has 0 fully saturated rings. The lowest BCUT2D eigenvalue weighted by Crippen LogP contribution is -2.31. The maximum atomic E-state index is 8.89.